The first-order valence-electron chi connectivity index (χ1n) is 10.6. The van der Waals surface area contributed by atoms with Gasteiger partial charge in [0.05, 0.1) is 12.1 Å². The van der Waals surface area contributed by atoms with E-state index in [2.05, 4.69) is 34.5 Å². The molecule has 0 spiro atoms. The number of nitrogens with one attached hydrogen (secondary N) is 1. The zero-order chi connectivity index (χ0) is 21.0. The molecule has 1 saturated heterocycles. The van der Waals surface area contributed by atoms with Crippen LogP contribution in [0.5, 0.6) is 5.75 Å². The van der Waals surface area contributed by atoms with Gasteiger partial charge in [-0.15, -0.1) is 0 Å². The van der Waals surface area contributed by atoms with Gasteiger partial charge in [0, 0.05) is 41.7 Å². The number of para-hydroxylation sites is 2. The van der Waals surface area contributed by atoms with Gasteiger partial charge in [0.15, 0.2) is 0 Å². The van der Waals surface area contributed by atoms with Gasteiger partial charge in [0.25, 0.3) is 0 Å². The Balaban J connectivity index is 1.36. The molecule has 4 nitrogen and oxygen atoms in total. The maximum absolute atomic E-state index is 6.20. The van der Waals surface area contributed by atoms with Crippen molar-refractivity contribution in [1.82, 2.24) is 4.98 Å². The molecule has 1 aromatic heterocycles. The first kappa shape index (κ1) is 19.7. The SMILES string of the molecule is Clc1ccc(CNc2cc(N3CC[C@@H](Oc4ccccc4)C3)c3ccccc3n2)cc1. The molecular weight excluding hydrogens is 406 g/mol. The van der Waals surface area contributed by atoms with Gasteiger partial charge in [-0.1, -0.05) is 60.1 Å². The summed E-state index contributed by atoms with van der Waals surface area (Å²) in [6, 6.07) is 28.4. The number of anilines is 2. The predicted octanol–water partition coefficient (Wildman–Crippen LogP) is 6.16. The van der Waals surface area contributed by atoms with Gasteiger partial charge in [-0.05, 0) is 35.9 Å². The lowest BCUT2D eigenvalue weighted by molar-refractivity contribution is 0.225. The van der Waals surface area contributed by atoms with Crippen LogP contribution in [0.3, 0.4) is 0 Å². The summed E-state index contributed by atoms with van der Waals surface area (Å²) in [7, 11) is 0. The minimum atomic E-state index is 0.180. The van der Waals surface area contributed by atoms with Crippen LogP contribution in [-0.2, 0) is 6.54 Å². The van der Waals surface area contributed by atoms with Crippen molar-refractivity contribution in [3.05, 3.63) is 95.5 Å². The van der Waals surface area contributed by atoms with Crippen molar-refractivity contribution < 1.29 is 4.74 Å². The molecule has 5 heteroatoms. The van der Waals surface area contributed by atoms with Crippen LogP contribution < -0.4 is 15.0 Å². The summed E-state index contributed by atoms with van der Waals surface area (Å²) in [6.07, 6.45) is 1.18. The first-order chi connectivity index (χ1) is 15.2. The molecule has 31 heavy (non-hydrogen) atoms. The van der Waals surface area contributed by atoms with Crippen LogP contribution in [0.25, 0.3) is 10.9 Å². The van der Waals surface area contributed by atoms with E-state index >= 15 is 0 Å². The lowest BCUT2D eigenvalue weighted by Crippen LogP contribution is -2.25. The van der Waals surface area contributed by atoms with Crippen LogP contribution in [0, 0.1) is 0 Å². The average Bonchev–Trinajstić information content (AvgIpc) is 3.27. The van der Waals surface area contributed by atoms with Crippen molar-refractivity contribution >= 4 is 34.0 Å². The van der Waals surface area contributed by atoms with E-state index in [0.717, 1.165) is 41.6 Å². The molecule has 0 saturated carbocycles. The molecular formula is C26H24ClN3O. The molecule has 1 atom stereocenters. The fraction of sp³-hybridized carbons (Fsp3) is 0.192. The monoisotopic (exact) mass is 429 g/mol. The Morgan fingerprint density at radius 1 is 0.968 bits per heavy atom. The summed E-state index contributed by atoms with van der Waals surface area (Å²) in [4.78, 5) is 7.24. The molecule has 156 valence electrons. The molecule has 1 aliphatic rings. The molecule has 3 aromatic carbocycles. The van der Waals surface area contributed by atoms with E-state index in [9.17, 15) is 0 Å². The van der Waals surface area contributed by atoms with E-state index in [1.165, 1.54) is 16.6 Å². The van der Waals surface area contributed by atoms with Crippen molar-refractivity contribution in [2.75, 3.05) is 23.3 Å². The summed E-state index contributed by atoms with van der Waals surface area (Å²) in [5.41, 5.74) is 3.35. The van der Waals surface area contributed by atoms with Gasteiger partial charge >= 0.3 is 0 Å². The highest BCUT2D eigenvalue weighted by molar-refractivity contribution is 6.30. The number of fused-ring (bicyclic) bond motifs is 1. The van der Waals surface area contributed by atoms with Crippen LogP contribution >= 0.6 is 11.6 Å². The van der Waals surface area contributed by atoms with Crippen molar-refractivity contribution in [1.29, 1.82) is 0 Å². The number of rotatable bonds is 6. The van der Waals surface area contributed by atoms with Crippen molar-refractivity contribution in [3.63, 3.8) is 0 Å². The molecule has 4 aromatic rings. The summed E-state index contributed by atoms with van der Waals surface area (Å²) in [5, 5.41) is 5.39. The highest BCUT2D eigenvalue weighted by Gasteiger charge is 2.26. The Bertz CT molecular complexity index is 1160. The number of aromatic nitrogens is 1. The lowest BCUT2D eigenvalue weighted by atomic mass is 10.1. The van der Waals surface area contributed by atoms with Crippen molar-refractivity contribution in [2.45, 2.75) is 19.1 Å². The third-order valence-corrected chi connectivity index (χ3v) is 5.86. The largest absolute Gasteiger partial charge is 0.489 e. The minimum Gasteiger partial charge on any atom is -0.489 e. The van der Waals surface area contributed by atoms with Crippen molar-refractivity contribution in [3.8, 4) is 5.75 Å². The second kappa shape index (κ2) is 8.86. The highest BCUT2D eigenvalue weighted by Crippen LogP contribution is 2.32. The molecule has 0 unspecified atom stereocenters. The van der Waals surface area contributed by atoms with Gasteiger partial charge in [-0.25, -0.2) is 4.98 Å². The number of hydrogen-bond donors (Lipinski definition) is 1. The summed E-state index contributed by atoms with van der Waals surface area (Å²) in [6.45, 7) is 2.52. The maximum atomic E-state index is 6.20. The Morgan fingerprint density at radius 3 is 2.58 bits per heavy atom. The lowest BCUT2D eigenvalue weighted by Gasteiger charge is -2.22. The number of halogens is 1. The second-order valence-corrected chi connectivity index (χ2v) is 8.25. The van der Waals surface area contributed by atoms with Gasteiger partial charge in [-0.2, -0.15) is 0 Å². The molecule has 2 heterocycles. The number of hydrogen-bond acceptors (Lipinski definition) is 4. The molecule has 1 aliphatic heterocycles. The minimum absolute atomic E-state index is 0.180. The average molecular weight is 430 g/mol. The summed E-state index contributed by atoms with van der Waals surface area (Å²) >= 11 is 6.00. The smallest absolute Gasteiger partial charge is 0.129 e. The van der Waals surface area contributed by atoms with E-state index in [1.807, 2.05) is 60.7 Å². The normalized spacial score (nSPS) is 15.9. The Morgan fingerprint density at radius 2 is 1.74 bits per heavy atom. The van der Waals surface area contributed by atoms with Crippen LogP contribution in [-0.4, -0.2) is 24.2 Å². The molecule has 0 aliphatic carbocycles. The van der Waals surface area contributed by atoms with E-state index < -0.39 is 0 Å². The topological polar surface area (TPSA) is 37.4 Å². The second-order valence-electron chi connectivity index (χ2n) is 7.81. The van der Waals surface area contributed by atoms with E-state index in [4.69, 9.17) is 21.3 Å². The molecule has 0 bridgehead atoms. The van der Waals surface area contributed by atoms with E-state index in [0.29, 0.717) is 6.54 Å². The Kier molecular flexibility index (Phi) is 5.63. The van der Waals surface area contributed by atoms with Crippen LogP contribution in [0.4, 0.5) is 11.5 Å². The summed E-state index contributed by atoms with van der Waals surface area (Å²) in [5.74, 6) is 1.80. The molecule has 5 rings (SSSR count). The molecule has 0 radical (unpaired) electrons. The first-order valence-corrected chi connectivity index (χ1v) is 11.0. The third-order valence-electron chi connectivity index (χ3n) is 5.61. The predicted molar refractivity (Wildman–Crippen MR) is 128 cm³/mol. The van der Waals surface area contributed by atoms with Gasteiger partial charge in [0.1, 0.15) is 17.7 Å². The number of nitrogens with zero attached hydrogens (tertiary/aromatic N) is 2. The van der Waals surface area contributed by atoms with Gasteiger partial charge in [-0.3, -0.25) is 0 Å². The number of pyridine rings is 1. The standard InChI is InChI=1S/C26H24ClN3O/c27-20-12-10-19(11-13-20)17-28-26-16-25(23-8-4-5-9-24(23)29-26)30-15-14-22(18-30)31-21-6-2-1-3-7-21/h1-13,16,22H,14-15,17-18H2,(H,28,29)/t22-/m1/s1. The van der Waals surface area contributed by atoms with E-state index in [-0.39, 0.29) is 6.10 Å². The zero-order valence-corrected chi connectivity index (χ0v) is 17.9. The molecule has 0 amide bonds. The van der Waals surface area contributed by atoms with Gasteiger partial charge < -0.3 is 15.0 Å². The molecule has 1 fully saturated rings. The number of benzene rings is 3. The number of ether oxygens (including phenoxy) is 1. The summed E-state index contributed by atoms with van der Waals surface area (Å²) < 4.78 is 6.20. The quantitative estimate of drug-likeness (QED) is 0.398. The fourth-order valence-corrected chi connectivity index (χ4v) is 4.16. The van der Waals surface area contributed by atoms with Crippen LogP contribution in [0.2, 0.25) is 5.02 Å². The third kappa shape index (κ3) is 4.59. The highest BCUT2D eigenvalue weighted by atomic mass is 35.5. The maximum Gasteiger partial charge on any atom is 0.129 e. The molecule has 1 N–H and O–H groups in total. The zero-order valence-electron chi connectivity index (χ0n) is 17.2. The van der Waals surface area contributed by atoms with Crippen LogP contribution in [0.15, 0.2) is 84.9 Å². The van der Waals surface area contributed by atoms with E-state index in [1.54, 1.807) is 0 Å². The van der Waals surface area contributed by atoms with Gasteiger partial charge in [0.2, 0.25) is 0 Å². The Labute approximate surface area is 187 Å². The van der Waals surface area contributed by atoms with Crippen LogP contribution in [0.1, 0.15) is 12.0 Å². The Hall–Kier alpha value is -3.24. The fourth-order valence-electron chi connectivity index (χ4n) is 4.04. The van der Waals surface area contributed by atoms with Crippen molar-refractivity contribution in [2.24, 2.45) is 0 Å².